The number of amides is 2. The third-order valence-electron chi connectivity index (χ3n) is 6.83. The first-order valence-electron chi connectivity index (χ1n) is 12.7. The first-order chi connectivity index (χ1) is 17.9. The molecule has 1 fully saturated rings. The van der Waals surface area contributed by atoms with Crippen molar-refractivity contribution >= 4 is 35.0 Å². The van der Waals surface area contributed by atoms with Gasteiger partial charge in [-0.15, -0.1) is 0 Å². The Morgan fingerprint density at radius 1 is 0.865 bits per heavy atom. The van der Waals surface area contributed by atoms with Crippen molar-refractivity contribution in [2.75, 3.05) is 0 Å². The standard InChI is InChI=1S/C30H31Cl2FN2O2/c31-26-16-13-23(17-27(26)32)19-29(36)35(20-22-11-14-24(33)15-12-22)28(18-21-7-3-1-4-8-21)30(37)34-25-9-5-2-6-10-25/h1,3-4,7-8,11-17,25,28H,2,5-6,9-10,18-20H2,(H,34,37)/t28-/m0/s1. The van der Waals surface area contributed by atoms with Gasteiger partial charge in [-0.25, -0.2) is 4.39 Å². The van der Waals surface area contributed by atoms with Gasteiger partial charge in [0.05, 0.1) is 16.5 Å². The molecule has 0 radical (unpaired) electrons. The summed E-state index contributed by atoms with van der Waals surface area (Å²) in [6.07, 6.45) is 5.66. The van der Waals surface area contributed by atoms with Gasteiger partial charge in [-0.05, 0) is 53.8 Å². The molecule has 0 aliphatic heterocycles. The van der Waals surface area contributed by atoms with Crippen LogP contribution in [0.1, 0.15) is 48.8 Å². The minimum absolute atomic E-state index is 0.0556. The smallest absolute Gasteiger partial charge is 0.243 e. The van der Waals surface area contributed by atoms with Gasteiger partial charge < -0.3 is 10.2 Å². The highest BCUT2D eigenvalue weighted by Crippen LogP contribution is 2.24. The van der Waals surface area contributed by atoms with Crippen molar-refractivity contribution in [2.24, 2.45) is 0 Å². The molecule has 1 saturated carbocycles. The largest absolute Gasteiger partial charge is 0.352 e. The first kappa shape index (κ1) is 27.2. The van der Waals surface area contributed by atoms with Crippen LogP contribution in [0, 0.1) is 5.82 Å². The number of nitrogens with one attached hydrogen (secondary N) is 1. The Bertz CT molecular complexity index is 1200. The maximum Gasteiger partial charge on any atom is 0.243 e. The molecule has 2 amide bonds. The average Bonchev–Trinajstić information content (AvgIpc) is 2.90. The van der Waals surface area contributed by atoms with Gasteiger partial charge >= 0.3 is 0 Å². The zero-order valence-electron chi connectivity index (χ0n) is 20.6. The lowest BCUT2D eigenvalue weighted by Crippen LogP contribution is -2.53. The van der Waals surface area contributed by atoms with Crippen molar-refractivity contribution in [3.63, 3.8) is 0 Å². The average molecular weight is 541 g/mol. The fourth-order valence-corrected chi connectivity index (χ4v) is 5.13. The molecule has 4 rings (SSSR count). The highest BCUT2D eigenvalue weighted by molar-refractivity contribution is 6.42. The van der Waals surface area contributed by atoms with Gasteiger partial charge in [-0.2, -0.15) is 0 Å². The van der Waals surface area contributed by atoms with E-state index in [0.29, 0.717) is 22.0 Å². The fourth-order valence-electron chi connectivity index (χ4n) is 4.81. The Labute approximate surface area is 227 Å². The van der Waals surface area contributed by atoms with Crippen LogP contribution in [-0.2, 0) is 29.0 Å². The Balaban J connectivity index is 1.65. The number of carbonyl (C=O) groups excluding carboxylic acids is 2. The molecule has 1 aliphatic carbocycles. The third-order valence-corrected chi connectivity index (χ3v) is 7.57. The van der Waals surface area contributed by atoms with Crippen LogP contribution in [0.3, 0.4) is 0 Å². The number of hydrogen-bond acceptors (Lipinski definition) is 2. The first-order valence-corrected chi connectivity index (χ1v) is 13.5. The summed E-state index contributed by atoms with van der Waals surface area (Å²) >= 11 is 12.3. The number of benzene rings is 3. The molecule has 0 spiro atoms. The molecule has 3 aromatic carbocycles. The minimum Gasteiger partial charge on any atom is -0.352 e. The topological polar surface area (TPSA) is 49.4 Å². The summed E-state index contributed by atoms with van der Waals surface area (Å²) < 4.78 is 13.6. The molecule has 0 heterocycles. The predicted molar refractivity (Wildman–Crippen MR) is 146 cm³/mol. The lowest BCUT2D eigenvalue weighted by atomic mass is 9.94. The summed E-state index contributed by atoms with van der Waals surface area (Å²) in [6.45, 7) is 0.177. The molecule has 3 aromatic rings. The Morgan fingerprint density at radius 3 is 2.22 bits per heavy atom. The van der Waals surface area contributed by atoms with Gasteiger partial charge in [-0.3, -0.25) is 9.59 Å². The maximum atomic E-state index is 13.8. The highest BCUT2D eigenvalue weighted by atomic mass is 35.5. The lowest BCUT2D eigenvalue weighted by Gasteiger charge is -2.33. The number of halogens is 3. The Morgan fingerprint density at radius 2 is 1.54 bits per heavy atom. The molecule has 1 N–H and O–H groups in total. The van der Waals surface area contributed by atoms with Gasteiger partial charge in [0, 0.05) is 19.0 Å². The van der Waals surface area contributed by atoms with Crippen molar-refractivity contribution in [3.8, 4) is 0 Å². The second-order valence-electron chi connectivity index (χ2n) is 9.62. The van der Waals surface area contributed by atoms with Gasteiger partial charge in [0.2, 0.25) is 11.8 Å². The zero-order valence-corrected chi connectivity index (χ0v) is 22.1. The van der Waals surface area contributed by atoms with E-state index in [1.54, 1.807) is 35.2 Å². The van der Waals surface area contributed by atoms with Crippen LogP contribution >= 0.6 is 23.2 Å². The molecule has 0 aromatic heterocycles. The van der Waals surface area contributed by atoms with Crippen molar-refractivity contribution in [1.29, 1.82) is 0 Å². The number of nitrogens with zero attached hydrogens (tertiary/aromatic N) is 1. The van der Waals surface area contributed by atoms with Gasteiger partial charge in [0.25, 0.3) is 0 Å². The van der Waals surface area contributed by atoms with E-state index in [2.05, 4.69) is 5.32 Å². The SMILES string of the molecule is O=C(NC1CCCCC1)[C@H](Cc1ccccc1)N(Cc1ccc(F)cc1)C(=O)Cc1ccc(Cl)c(Cl)c1. The van der Waals surface area contributed by atoms with Crippen molar-refractivity contribution in [2.45, 2.75) is 63.6 Å². The van der Waals surface area contributed by atoms with Crippen LogP contribution < -0.4 is 5.32 Å². The summed E-state index contributed by atoms with van der Waals surface area (Å²) in [5, 5.41) is 4.00. The summed E-state index contributed by atoms with van der Waals surface area (Å²) in [6, 6.07) is 20.2. The molecule has 4 nitrogen and oxygen atoms in total. The number of hydrogen-bond donors (Lipinski definition) is 1. The van der Waals surface area contributed by atoms with Crippen molar-refractivity contribution < 1.29 is 14.0 Å². The van der Waals surface area contributed by atoms with E-state index in [1.165, 1.54) is 18.6 Å². The number of rotatable bonds is 9. The molecule has 37 heavy (non-hydrogen) atoms. The van der Waals surface area contributed by atoms with Crippen LogP contribution in [0.15, 0.2) is 72.8 Å². The second kappa shape index (κ2) is 13.1. The van der Waals surface area contributed by atoms with Crippen LogP contribution in [-0.4, -0.2) is 28.8 Å². The van der Waals surface area contributed by atoms with E-state index < -0.39 is 6.04 Å². The zero-order chi connectivity index (χ0) is 26.2. The maximum absolute atomic E-state index is 13.8. The lowest BCUT2D eigenvalue weighted by molar-refractivity contribution is -0.141. The van der Waals surface area contributed by atoms with Crippen LogP contribution in [0.5, 0.6) is 0 Å². The van der Waals surface area contributed by atoms with Crippen molar-refractivity contribution in [3.05, 3.63) is 105 Å². The molecule has 194 valence electrons. The Kier molecular flexibility index (Phi) is 9.59. The van der Waals surface area contributed by atoms with Gasteiger partial charge in [0.1, 0.15) is 11.9 Å². The van der Waals surface area contributed by atoms with Crippen LogP contribution in [0.4, 0.5) is 4.39 Å². The summed E-state index contributed by atoms with van der Waals surface area (Å²) in [5.41, 5.74) is 2.40. The van der Waals surface area contributed by atoms with E-state index in [-0.39, 0.29) is 36.6 Å². The normalized spacial score (nSPS) is 14.7. The number of carbonyl (C=O) groups is 2. The molecular formula is C30H31Cl2FN2O2. The fraction of sp³-hybridized carbons (Fsp3) is 0.333. The van der Waals surface area contributed by atoms with E-state index in [1.807, 2.05) is 30.3 Å². The minimum atomic E-state index is -0.732. The van der Waals surface area contributed by atoms with Crippen molar-refractivity contribution in [1.82, 2.24) is 10.2 Å². The van der Waals surface area contributed by atoms with Crippen LogP contribution in [0.2, 0.25) is 10.0 Å². The van der Waals surface area contributed by atoms with E-state index in [0.717, 1.165) is 36.8 Å². The monoisotopic (exact) mass is 540 g/mol. The molecule has 7 heteroatoms. The molecule has 1 atom stereocenters. The molecule has 0 saturated heterocycles. The molecule has 0 bridgehead atoms. The molecular weight excluding hydrogens is 510 g/mol. The molecule has 0 unspecified atom stereocenters. The predicted octanol–water partition coefficient (Wildman–Crippen LogP) is 6.76. The van der Waals surface area contributed by atoms with Gasteiger partial charge in [-0.1, -0.05) is 91.0 Å². The Hall–Kier alpha value is -2.89. The summed E-state index contributed by atoms with van der Waals surface area (Å²) in [4.78, 5) is 29.2. The second-order valence-corrected chi connectivity index (χ2v) is 10.4. The third kappa shape index (κ3) is 7.80. The van der Waals surface area contributed by atoms with E-state index >= 15 is 0 Å². The summed E-state index contributed by atoms with van der Waals surface area (Å²) in [5.74, 6) is -0.740. The van der Waals surface area contributed by atoms with E-state index in [9.17, 15) is 14.0 Å². The summed E-state index contributed by atoms with van der Waals surface area (Å²) in [7, 11) is 0. The van der Waals surface area contributed by atoms with Gasteiger partial charge in [0.15, 0.2) is 0 Å². The molecule has 1 aliphatic rings. The van der Waals surface area contributed by atoms with Crippen LogP contribution in [0.25, 0.3) is 0 Å². The highest BCUT2D eigenvalue weighted by Gasteiger charge is 2.32. The van der Waals surface area contributed by atoms with E-state index in [4.69, 9.17) is 23.2 Å². The quantitative estimate of drug-likeness (QED) is 0.325.